The molecule has 23 heavy (non-hydrogen) atoms. The Balaban J connectivity index is 2.16. The number of nitrogens with one attached hydrogen (secondary N) is 2. The summed E-state index contributed by atoms with van der Waals surface area (Å²) in [6.45, 7) is 12.2. The van der Waals surface area contributed by atoms with Gasteiger partial charge >= 0.3 is 0 Å². The molecule has 0 saturated heterocycles. The first kappa shape index (κ1) is 19.4. The summed E-state index contributed by atoms with van der Waals surface area (Å²) < 4.78 is 10.6. The van der Waals surface area contributed by atoms with E-state index in [0.717, 1.165) is 58.1 Å². The van der Waals surface area contributed by atoms with Gasteiger partial charge in [0.1, 0.15) is 0 Å². The summed E-state index contributed by atoms with van der Waals surface area (Å²) in [6.07, 6.45) is 2.61. The second-order valence-electron chi connectivity index (χ2n) is 5.85. The highest BCUT2D eigenvalue weighted by molar-refractivity contribution is 5.79. The maximum absolute atomic E-state index is 5.56. The molecule has 1 aromatic heterocycles. The van der Waals surface area contributed by atoms with Gasteiger partial charge in [0, 0.05) is 39.3 Å². The summed E-state index contributed by atoms with van der Waals surface area (Å²) in [6, 6.07) is 0. The predicted octanol–water partition coefficient (Wildman–Crippen LogP) is 1.93. The number of hydrogen-bond acceptors (Lipinski definition) is 5. The third-order valence-corrected chi connectivity index (χ3v) is 2.94. The van der Waals surface area contributed by atoms with Crippen LogP contribution in [-0.4, -0.2) is 48.9 Å². The van der Waals surface area contributed by atoms with Crippen LogP contribution in [0.4, 0.5) is 0 Å². The largest absolute Gasteiger partial charge is 0.381 e. The highest BCUT2D eigenvalue weighted by Crippen LogP contribution is 2.00. The van der Waals surface area contributed by atoms with Gasteiger partial charge in [-0.3, -0.25) is 4.99 Å². The standard InChI is InChI=1S/C16H31N5O2/c1-5-17-16(19-10-7-11-22-12-13(2)3)18-9-6-8-15-20-14(4)21-23-15/h13H,5-12H2,1-4H3,(H2,17,18,19). The van der Waals surface area contributed by atoms with Crippen molar-refractivity contribution in [1.29, 1.82) is 0 Å². The van der Waals surface area contributed by atoms with Crippen LogP contribution in [0.2, 0.25) is 0 Å². The number of rotatable bonds is 11. The van der Waals surface area contributed by atoms with Crippen LogP contribution in [0.1, 0.15) is 45.3 Å². The molecule has 132 valence electrons. The van der Waals surface area contributed by atoms with Crippen LogP contribution >= 0.6 is 0 Å². The summed E-state index contributed by atoms with van der Waals surface area (Å²) in [5, 5.41) is 10.3. The van der Waals surface area contributed by atoms with Gasteiger partial charge in [-0.15, -0.1) is 0 Å². The van der Waals surface area contributed by atoms with E-state index in [4.69, 9.17) is 9.26 Å². The van der Waals surface area contributed by atoms with Crippen LogP contribution in [0.15, 0.2) is 9.52 Å². The van der Waals surface area contributed by atoms with Crippen LogP contribution in [0.5, 0.6) is 0 Å². The Morgan fingerprint density at radius 1 is 1.30 bits per heavy atom. The lowest BCUT2D eigenvalue weighted by molar-refractivity contribution is 0.108. The molecule has 0 amide bonds. The van der Waals surface area contributed by atoms with Gasteiger partial charge in [0.2, 0.25) is 5.89 Å². The normalized spacial score (nSPS) is 12.0. The lowest BCUT2D eigenvalue weighted by Crippen LogP contribution is -2.38. The van der Waals surface area contributed by atoms with E-state index in [9.17, 15) is 0 Å². The van der Waals surface area contributed by atoms with Crippen LogP contribution in [0, 0.1) is 12.8 Å². The Hall–Kier alpha value is -1.63. The molecule has 2 N–H and O–H groups in total. The Bertz CT molecular complexity index is 445. The topological polar surface area (TPSA) is 84.6 Å². The minimum Gasteiger partial charge on any atom is -0.381 e. The molecule has 0 aliphatic carbocycles. The molecule has 0 fully saturated rings. The summed E-state index contributed by atoms with van der Waals surface area (Å²) in [4.78, 5) is 8.73. The maximum atomic E-state index is 5.56. The predicted molar refractivity (Wildman–Crippen MR) is 91.6 cm³/mol. The van der Waals surface area contributed by atoms with E-state index in [1.807, 2.05) is 6.92 Å². The molecule has 0 aliphatic heterocycles. The average molecular weight is 325 g/mol. The van der Waals surface area contributed by atoms with Gasteiger partial charge in [0.25, 0.3) is 0 Å². The molecule has 1 rings (SSSR count). The minimum atomic E-state index is 0.587. The number of hydrogen-bond donors (Lipinski definition) is 2. The molecule has 1 heterocycles. The molecular formula is C16H31N5O2. The van der Waals surface area contributed by atoms with Crippen molar-refractivity contribution in [2.45, 2.75) is 47.0 Å². The van der Waals surface area contributed by atoms with Gasteiger partial charge < -0.3 is 19.9 Å². The van der Waals surface area contributed by atoms with Gasteiger partial charge in [-0.25, -0.2) is 0 Å². The average Bonchev–Trinajstić information content (AvgIpc) is 2.92. The molecule has 0 bridgehead atoms. The SMILES string of the molecule is CCNC(=NCCCc1nc(C)no1)NCCCOCC(C)C. The third kappa shape index (κ3) is 9.89. The number of aryl methyl sites for hydroxylation is 2. The summed E-state index contributed by atoms with van der Waals surface area (Å²) in [5.41, 5.74) is 0. The van der Waals surface area contributed by atoms with Crippen molar-refractivity contribution in [3.63, 3.8) is 0 Å². The summed E-state index contributed by atoms with van der Waals surface area (Å²) in [5.74, 6) is 2.79. The Kier molecular flexibility index (Phi) is 10.0. The van der Waals surface area contributed by atoms with Crippen molar-refractivity contribution < 1.29 is 9.26 Å². The van der Waals surface area contributed by atoms with Crippen molar-refractivity contribution in [2.75, 3.05) is 32.8 Å². The van der Waals surface area contributed by atoms with Crippen molar-refractivity contribution in [1.82, 2.24) is 20.8 Å². The van der Waals surface area contributed by atoms with Crippen LogP contribution in [0.3, 0.4) is 0 Å². The van der Waals surface area contributed by atoms with Crippen molar-refractivity contribution >= 4 is 5.96 Å². The van der Waals surface area contributed by atoms with Gasteiger partial charge in [-0.2, -0.15) is 4.98 Å². The van der Waals surface area contributed by atoms with Gasteiger partial charge in [-0.1, -0.05) is 19.0 Å². The van der Waals surface area contributed by atoms with E-state index in [1.165, 1.54) is 0 Å². The molecule has 0 aliphatic rings. The molecular weight excluding hydrogens is 294 g/mol. The van der Waals surface area contributed by atoms with E-state index < -0.39 is 0 Å². The number of ether oxygens (including phenoxy) is 1. The van der Waals surface area contributed by atoms with E-state index in [-0.39, 0.29) is 0 Å². The lowest BCUT2D eigenvalue weighted by Gasteiger charge is -2.11. The molecule has 0 saturated carbocycles. The lowest BCUT2D eigenvalue weighted by atomic mass is 10.2. The second kappa shape index (κ2) is 11.9. The van der Waals surface area contributed by atoms with Gasteiger partial charge in [0.05, 0.1) is 0 Å². The Morgan fingerprint density at radius 3 is 2.78 bits per heavy atom. The van der Waals surface area contributed by atoms with Crippen molar-refractivity contribution in [3.8, 4) is 0 Å². The zero-order valence-electron chi connectivity index (χ0n) is 14.9. The maximum Gasteiger partial charge on any atom is 0.226 e. The summed E-state index contributed by atoms with van der Waals surface area (Å²) >= 11 is 0. The Morgan fingerprint density at radius 2 is 2.13 bits per heavy atom. The highest BCUT2D eigenvalue weighted by Gasteiger charge is 2.02. The molecule has 1 aromatic rings. The molecule has 0 unspecified atom stereocenters. The molecule has 0 spiro atoms. The van der Waals surface area contributed by atoms with Crippen LogP contribution < -0.4 is 10.6 Å². The van der Waals surface area contributed by atoms with E-state index in [1.54, 1.807) is 0 Å². The number of aromatic nitrogens is 2. The third-order valence-electron chi connectivity index (χ3n) is 2.94. The molecule has 0 aromatic carbocycles. The number of guanidine groups is 1. The zero-order chi connectivity index (χ0) is 16.9. The van der Waals surface area contributed by atoms with Crippen LogP contribution in [0.25, 0.3) is 0 Å². The monoisotopic (exact) mass is 325 g/mol. The quantitative estimate of drug-likeness (QED) is 0.367. The first-order valence-electron chi connectivity index (χ1n) is 8.51. The molecule has 7 nitrogen and oxygen atoms in total. The highest BCUT2D eigenvalue weighted by atomic mass is 16.5. The van der Waals surface area contributed by atoms with Crippen LogP contribution in [-0.2, 0) is 11.2 Å². The first-order chi connectivity index (χ1) is 11.1. The fourth-order valence-electron chi connectivity index (χ4n) is 1.90. The van der Waals surface area contributed by atoms with E-state index in [0.29, 0.717) is 17.6 Å². The van der Waals surface area contributed by atoms with Gasteiger partial charge in [-0.05, 0) is 32.6 Å². The molecule has 0 radical (unpaired) electrons. The van der Waals surface area contributed by atoms with E-state index in [2.05, 4.69) is 46.5 Å². The molecule has 7 heteroatoms. The smallest absolute Gasteiger partial charge is 0.226 e. The number of aliphatic imine (C=N–C) groups is 1. The van der Waals surface area contributed by atoms with Crippen molar-refractivity contribution in [3.05, 3.63) is 11.7 Å². The second-order valence-corrected chi connectivity index (χ2v) is 5.85. The minimum absolute atomic E-state index is 0.587. The number of nitrogens with zero attached hydrogens (tertiary/aromatic N) is 3. The zero-order valence-corrected chi connectivity index (χ0v) is 14.9. The summed E-state index contributed by atoms with van der Waals surface area (Å²) in [7, 11) is 0. The van der Waals surface area contributed by atoms with Crippen molar-refractivity contribution in [2.24, 2.45) is 10.9 Å². The van der Waals surface area contributed by atoms with E-state index >= 15 is 0 Å². The Labute approximate surface area is 139 Å². The fourth-order valence-corrected chi connectivity index (χ4v) is 1.90. The first-order valence-corrected chi connectivity index (χ1v) is 8.51. The molecule has 0 atom stereocenters. The fraction of sp³-hybridized carbons (Fsp3) is 0.812. The van der Waals surface area contributed by atoms with Gasteiger partial charge in [0.15, 0.2) is 11.8 Å².